The lowest BCUT2D eigenvalue weighted by Gasteiger charge is -2.36. The Kier molecular flexibility index (Phi) is 6.98. The van der Waals surface area contributed by atoms with Crippen LogP contribution in [0.15, 0.2) is 42.9 Å². The second kappa shape index (κ2) is 10.4. The second-order valence-corrected chi connectivity index (χ2v) is 9.07. The fourth-order valence-corrected chi connectivity index (χ4v) is 4.50. The number of rotatable bonds is 10. The molecule has 33 heavy (non-hydrogen) atoms. The van der Waals surface area contributed by atoms with Gasteiger partial charge in [0.15, 0.2) is 0 Å². The fraction of sp³-hybridized carbons (Fsp3) is 0.500. The van der Waals surface area contributed by atoms with E-state index in [1.54, 1.807) is 0 Å². The first-order chi connectivity index (χ1) is 16.3. The molecule has 5 rings (SSSR count). The van der Waals surface area contributed by atoms with E-state index in [4.69, 9.17) is 9.72 Å². The van der Waals surface area contributed by atoms with E-state index in [-0.39, 0.29) is 0 Å². The summed E-state index contributed by atoms with van der Waals surface area (Å²) in [6.07, 6.45) is 9.45. The zero-order valence-electron chi connectivity index (χ0n) is 19.5. The van der Waals surface area contributed by atoms with Crippen LogP contribution < -0.4 is 10.2 Å². The largest absolute Gasteiger partial charge is 0.382 e. The molecule has 0 amide bonds. The van der Waals surface area contributed by atoms with Crippen LogP contribution >= 0.6 is 0 Å². The molecule has 1 saturated heterocycles. The second-order valence-electron chi connectivity index (χ2n) is 9.07. The van der Waals surface area contributed by atoms with Crippen LogP contribution in [0.25, 0.3) is 22.0 Å². The van der Waals surface area contributed by atoms with Crippen molar-refractivity contribution in [3.05, 3.63) is 42.9 Å². The molecule has 174 valence electrons. The SMILES string of the molecule is CCOCCCNc1cc(-c2cc3cnccc3c(N3CCN(CC4CC4)CC3)n2)ccn1. The van der Waals surface area contributed by atoms with E-state index in [0.717, 1.165) is 86.6 Å². The zero-order valence-corrected chi connectivity index (χ0v) is 19.5. The first kappa shape index (κ1) is 22.0. The molecule has 0 unspecified atom stereocenters. The van der Waals surface area contributed by atoms with Crippen molar-refractivity contribution in [1.29, 1.82) is 0 Å². The third-order valence-electron chi connectivity index (χ3n) is 6.53. The summed E-state index contributed by atoms with van der Waals surface area (Å²) < 4.78 is 5.42. The van der Waals surface area contributed by atoms with Crippen molar-refractivity contribution in [2.24, 2.45) is 5.92 Å². The number of hydrogen-bond donors (Lipinski definition) is 1. The van der Waals surface area contributed by atoms with Crippen molar-refractivity contribution < 1.29 is 4.74 Å². The fourth-order valence-electron chi connectivity index (χ4n) is 4.50. The minimum atomic E-state index is 0.758. The molecule has 0 radical (unpaired) electrons. The predicted octanol–water partition coefficient (Wildman–Crippen LogP) is 4.06. The maximum Gasteiger partial charge on any atom is 0.137 e. The first-order valence-corrected chi connectivity index (χ1v) is 12.3. The molecule has 2 aliphatic rings. The summed E-state index contributed by atoms with van der Waals surface area (Å²) in [6, 6.07) is 8.36. The van der Waals surface area contributed by atoms with Gasteiger partial charge in [-0.1, -0.05) is 0 Å². The molecule has 7 nitrogen and oxygen atoms in total. The van der Waals surface area contributed by atoms with E-state index in [1.165, 1.54) is 24.8 Å². The lowest BCUT2D eigenvalue weighted by molar-refractivity contribution is 0.147. The van der Waals surface area contributed by atoms with E-state index in [2.05, 4.69) is 43.3 Å². The molecule has 0 aromatic carbocycles. The Labute approximate surface area is 196 Å². The Morgan fingerprint density at radius 1 is 1.09 bits per heavy atom. The number of hydrogen-bond acceptors (Lipinski definition) is 7. The zero-order chi connectivity index (χ0) is 22.5. The Balaban J connectivity index is 1.35. The Hall–Kier alpha value is -2.77. The van der Waals surface area contributed by atoms with Gasteiger partial charge in [0.25, 0.3) is 0 Å². The number of piperazine rings is 1. The van der Waals surface area contributed by atoms with E-state index < -0.39 is 0 Å². The number of nitrogens with zero attached hydrogens (tertiary/aromatic N) is 5. The van der Waals surface area contributed by atoms with Gasteiger partial charge in [-0.25, -0.2) is 9.97 Å². The molecule has 1 N–H and O–H groups in total. The normalized spacial score (nSPS) is 16.9. The van der Waals surface area contributed by atoms with Gasteiger partial charge in [-0.05, 0) is 56.4 Å². The van der Waals surface area contributed by atoms with E-state index >= 15 is 0 Å². The standard InChI is InChI=1S/C26H34N6O/c1-2-33-15-3-8-28-25-17-21(6-10-29-25)24-16-22-18-27-9-7-23(22)26(30-24)32-13-11-31(12-14-32)19-20-4-5-20/h6-7,9-10,16-18,20H,2-5,8,11-15,19H2,1H3,(H,28,29). The quantitative estimate of drug-likeness (QED) is 0.471. The van der Waals surface area contributed by atoms with Gasteiger partial charge < -0.3 is 15.0 Å². The Bertz CT molecular complexity index is 1060. The van der Waals surface area contributed by atoms with Crippen LogP contribution in [0.3, 0.4) is 0 Å². The summed E-state index contributed by atoms with van der Waals surface area (Å²) in [7, 11) is 0. The van der Waals surface area contributed by atoms with Crippen LogP contribution in [0.5, 0.6) is 0 Å². The van der Waals surface area contributed by atoms with E-state index in [9.17, 15) is 0 Å². The van der Waals surface area contributed by atoms with Gasteiger partial charge in [0.05, 0.1) is 5.69 Å². The molecule has 1 saturated carbocycles. The lowest BCUT2D eigenvalue weighted by atomic mass is 10.1. The lowest BCUT2D eigenvalue weighted by Crippen LogP contribution is -2.47. The van der Waals surface area contributed by atoms with Gasteiger partial charge in [-0.3, -0.25) is 9.88 Å². The summed E-state index contributed by atoms with van der Waals surface area (Å²) in [5.74, 6) is 2.88. The predicted molar refractivity (Wildman–Crippen MR) is 134 cm³/mol. The molecular weight excluding hydrogens is 412 g/mol. The van der Waals surface area contributed by atoms with Crippen LogP contribution in [-0.2, 0) is 4.74 Å². The van der Waals surface area contributed by atoms with Crippen molar-refractivity contribution in [2.75, 3.05) is 62.7 Å². The summed E-state index contributed by atoms with van der Waals surface area (Å²) in [4.78, 5) is 19.1. The average Bonchev–Trinajstić information content (AvgIpc) is 3.68. The highest BCUT2D eigenvalue weighted by molar-refractivity contribution is 5.94. The maximum absolute atomic E-state index is 5.42. The van der Waals surface area contributed by atoms with Gasteiger partial charge in [-0.2, -0.15) is 0 Å². The van der Waals surface area contributed by atoms with Crippen molar-refractivity contribution in [2.45, 2.75) is 26.2 Å². The monoisotopic (exact) mass is 446 g/mol. The first-order valence-electron chi connectivity index (χ1n) is 12.3. The molecular formula is C26H34N6O. The third kappa shape index (κ3) is 5.60. The molecule has 0 atom stereocenters. The number of nitrogens with one attached hydrogen (secondary N) is 1. The molecule has 0 spiro atoms. The Morgan fingerprint density at radius 2 is 1.97 bits per heavy atom. The van der Waals surface area contributed by atoms with Gasteiger partial charge >= 0.3 is 0 Å². The smallest absolute Gasteiger partial charge is 0.137 e. The van der Waals surface area contributed by atoms with Crippen molar-refractivity contribution in [1.82, 2.24) is 19.9 Å². The molecule has 0 bridgehead atoms. The minimum absolute atomic E-state index is 0.758. The summed E-state index contributed by atoms with van der Waals surface area (Å²) in [6.45, 7) is 9.90. The van der Waals surface area contributed by atoms with Gasteiger partial charge in [0.1, 0.15) is 11.6 Å². The van der Waals surface area contributed by atoms with Crippen LogP contribution in [0, 0.1) is 5.92 Å². The number of aromatic nitrogens is 3. The minimum Gasteiger partial charge on any atom is -0.382 e. The molecule has 4 heterocycles. The van der Waals surface area contributed by atoms with Crippen molar-refractivity contribution in [3.8, 4) is 11.3 Å². The van der Waals surface area contributed by atoms with E-state index in [0.29, 0.717) is 0 Å². The summed E-state index contributed by atoms with van der Waals surface area (Å²) >= 11 is 0. The maximum atomic E-state index is 5.42. The molecule has 3 aromatic heterocycles. The molecule has 3 aromatic rings. The molecule has 1 aliphatic carbocycles. The van der Waals surface area contributed by atoms with Crippen LogP contribution in [-0.4, -0.2) is 72.3 Å². The highest BCUT2D eigenvalue weighted by Gasteiger charge is 2.27. The topological polar surface area (TPSA) is 66.4 Å². The Morgan fingerprint density at radius 3 is 2.79 bits per heavy atom. The van der Waals surface area contributed by atoms with Crippen LogP contribution in [0.1, 0.15) is 26.2 Å². The third-order valence-corrected chi connectivity index (χ3v) is 6.53. The van der Waals surface area contributed by atoms with Crippen LogP contribution in [0.2, 0.25) is 0 Å². The van der Waals surface area contributed by atoms with Gasteiger partial charge in [-0.15, -0.1) is 0 Å². The van der Waals surface area contributed by atoms with Crippen molar-refractivity contribution >= 4 is 22.4 Å². The van der Waals surface area contributed by atoms with Gasteiger partial charge in [0.2, 0.25) is 0 Å². The molecule has 7 heteroatoms. The number of fused-ring (bicyclic) bond motifs is 1. The average molecular weight is 447 g/mol. The summed E-state index contributed by atoms with van der Waals surface area (Å²) in [5, 5.41) is 5.71. The van der Waals surface area contributed by atoms with E-state index in [1.807, 2.05) is 31.6 Å². The highest BCUT2D eigenvalue weighted by atomic mass is 16.5. The molecule has 1 aliphatic heterocycles. The van der Waals surface area contributed by atoms with Gasteiger partial charge in [0, 0.05) is 87.4 Å². The number of anilines is 2. The molecule has 2 fully saturated rings. The number of pyridine rings is 3. The van der Waals surface area contributed by atoms with Crippen molar-refractivity contribution in [3.63, 3.8) is 0 Å². The number of ether oxygens (including phenoxy) is 1. The summed E-state index contributed by atoms with van der Waals surface area (Å²) in [5.41, 5.74) is 2.03. The van der Waals surface area contributed by atoms with Crippen LogP contribution in [0.4, 0.5) is 11.6 Å². The highest BCUT2D eigenvalue weighted by Crippen LogP contribution is 2.32.